The van der Waals surface area contributed by atoms with Crippen LogP contribution in [-0.4, -0.2) is 46.0 Å². The molecule has 0 spiro atoms. The number of aryl methyl sites for hydroxylation is 2. The number of aromatic nitrogens is 5. The van der Waals surface area contributed by atoms with Crippen molar-refractivity contribution < 1.29 is 27.1 Å². The van der Waals surface area contributed by atoms with Gasteiger partial charge < -0.3 is 20.2 Å². The highest BCUT2D eigenvalue weighted by Crippen LogP contribution is 2.30. The molecule has 0 atom stereocenters. The van der Waals surface area contributed by atoms with Crippen LogP contribution < -0.4 is 19.9 Å². The molecule has 4 aromatic heterocycles. The summed E-state index contributed by atoms with van der Waals surface area (Å²) in [5, 5.41) is 4.80. The molecule has 0 bridgehead atoms. The number of sulfonamides is 1. The lowest BCUT2D eigenvalue weighted by Gasteiger charge is -2.11. The third-order valence-corrected chi connectivity index (χ3v) is 8.32. The van der Waals surface area contributed by atoms with Crippen molar-refractivity contribution in [1.82, 2.24) is 24.7 Å². The molecule has 4 heterocycles. The van der Waals surface area contributed by atoms with Crippen LogP contribution in [0.5, 0.6) is 17.4 Å². The summed E-state index contributed by atoms with van der Waals surface area (Å²) in [4.78, 5) is 24.8. The van der Waals surface area contributed by atoms with Gasteiger partial charge in [-0.25, -0.2) is 19.0 Å². The van der Waals surface area contributed by atoms with Gasteiger partial charge in [-0.3, -0.25) is 9.52 Å². The van der Waals surface area contributed by atoms with E-state index in [2.05, 4.69) is 24.8 Å². The van der Waals surface area contributed by atoms with E-state index < -0.39 is 21.6 Å². The van der Waals surface area contributed by atoms with Crippen LogP contribution >= 0.6 is 0 Å². The topological polar surface area (TPSA) is 167 Å². The molecule has 0 aliphatic rings. The average Bonchev–Trinajstić information content (AvgIpc) is 3.61. The quantitative estimate of drug-likeness (QED) is 0.180. The molecular formula is C31H26FN7O5S. The summed E-state index contributed by atoms with van der Waals surface area (Å²) in [6, 6.07) is 15.5. The van der Waals surface area contributed by atoms with Gasteiger partial charge in [0.25, 0.3) is 10.0 Å². The van der Waals surface area contributed by atoms with E-state index in [0.717, 1.165) is 0 Å². The fourth-order valence-electron chi connectivity index (χ4n) is 4.70. The minimum Gasteiger partial charge on any atom is -0.497 e. The SMILES string of the molecule is COc1ccnc(S(=O)(=O)Nc2cc3[nH]c(C(=O)c4cnn(-c5cnc(Oc6ccccc6F)cc5C)c4N)cc3cc2C)c1. The second-order valence-electron chi connectivity index (χ2n) is 10.1. The smallest absolute Gasteiger partial charge is 0.279 e. The van der Waals surface area contributed by atoms with Gasteiger partial charge in [-0.1, -0.05) is 12.1 Å². The summed E-state index contributed by atoms with van der Waals surface area (Å²) in [5.41, 5.74) is 9.39. The van der Waals surface area contributed by atoms with Gasteiger partial charge in [0.05, 0.1) is 42.1 Å². The number of methoxy groups -OCH3 is 1. The molecule has 0 unspecified atom stereocenters. The number of para-hydroxylation sites is 1. The highest BCUT2D eigenvalue weighted by Gasteiger charge is 2.22. The standard InChI is InChI=1S/C31H26FN7O5S/c1-17-10-19-12-25(37-24(19)14-23(17)38-45(41,42)29-13-20(43-3)8-9-34-29)30(40)21-15-36-39(31(21)33)26-16-35-28(11-18(26)2)44-27-7-5-4-6-22(27)32/h4-16,37-38H,33H2,1-3H3. The molecule has 2 aromatic carbocycles. The summed E-state index contributed by atoms with van der Waals surface area (Å²) in [6.07, 6.45) is 4.17. The lowest BCUT2D eigenvalue weighted by Crippen LogP contribution is -2.15. The Bertz CT molecular complexity index is 2210. The molecule has 0 radical (unpaired) electrons. The third-order valence-electron chi connectivity index (χ3n) is 7.06. The van der Waals surface area contributed by atoms with Crippen LogP contribution in [0.4, 0.5) is 15.9 Å². The predicted molar refractivity (Wildman–Crippen MR) is 165 cm³/mol. The molecule has 0 saturated carbocycles. The Balaban J connectivity index is 1.25. The van der Waals surface area contributed by atoms with Crippen molar-refractivity contribution in [3.05, 3.63) is 107 Å². The molecule has 6 rings (SSSR count). The number of anilines is 2. The summed E-state index contributed by atoms with van der Waals surface area (Å²) in [7, 11) is -2.59. The van der Waals surface area contributed by atoms with Crippen LogP contribution in [0.3, 0.4) is 0 Å². The molecule has 45 heavy (non-hydrogen) atoms. The van der Waals surface area contributed by atoms with Gasteiger partial charge in [0, 0.05) is 29.2 Å². The summed E-state index contributed by atoms with van der Waals surface area (Å²) >= 11 is 0. The fourth-order valence-corrected chi connectivity index (χ4v) is 5.78. The number of nitrogen functional groups attached to an aromatic ring is 1. The van der Waals surface area contributed by atoms with Crippen LogP contribution in [0.15, 0.2) is 84.3 Å². The van der Waals surface area contributed by atoms with Crippen LogP contribution in [0.2, 0.25) is 0 Å². The largest absolute Gasteiger partial charge is 0.497 e. The van der Waals surface area contributed by atoms with Gasteiger partial charge >= 0.3 is 0 Å². The Kier molecular flexibility index (Phi) is 7.42. The highest BCUT2D eigenvalue weighted by atomic mass is 32.2. The van der Waals surface area contributed by atoms with Crippen molar-refractivity contribution in [3.63, 3.8) is 0 Å². The van der Waals surface area contributed by atoms with Gasteiger partial charge in [-0.05, 0) is 61.4 Å². The Morgan fingerprint density at radius 3 is 2.58 bits per heavy atom. The first-order chi connectivity index (χ1) is 21.5. The number of fused-ring (bicyclic) bond motifs is 1. The van der Waals surface area contributed by atoms with E-state index in [4.69, 9.17) is 15.2 Å². The average molecular weight is 628 g/mol. The van der Waals surface area contributed by atoms with E-state index in [0.29, 0.717) is 39.2 Å². The van der Waals surface area contributed by atoms with E-state index in [1.807, 2.05) is 0 Å². The Morgan fingerprint density at radius 1 is 1.02 bits per heavy atom. The molecule has 0 fully saturated rings. The molecular weight excluding hydrogens is 601 g/mol. The van der Waals surface area contributed by atoms with Crippen molar-refractivity contribution in [2.24, 2.45) is 0 Å². The van der Waals surface area contributed by atoms with Crippen LogP contribution in [0, 0.1) is 19.7 Å². The zero-order valence-electron chi connectivity index (χ0n) is 24.2. The first-order valence-corrected chi connectivity index (χ1v) is 15.0. The summed E-state index contributed by atoms with van der Waals surface area (Å²) in [6.45, 7) is 3.53. The van der Waals surface area contributed by atoms with E-state index in [1.54, 1.807) is 56.3 Å². The second-order valence-corrected chi connectivity index (χ2v) is 11.7. The summed E-state index contributed by atoms with van der Waals surface area (Å²) in [5.74, 6) is -0.281. The number of hydrogen-bond donors (Lipinski definition) is 3. The fraction of sp³-hybridized carbons (Fsp3) is 0.0968. The maximum absolute atomic E-state index is 14.0. The molecule has 0 aliphatic carbocycles. The van der Waals surface area contributed by atoms with Crippen LogP contribution in [-0.2, 0) is 10.0 Å². The number of H-pyrrole nitrogens is 1. The number of benzene rings is 2. The minimum absolute atomic E-state index is 0.0376. The van der Waals surface area contributed by atoms with E-state index in [-0.39, 0.29) is 33.7 Å². The number of aromatic amines is 1. The molecule has 0 aliphatic heterocycles. The van der Waals surface area contributed by atoms with Crippen molar-refractivity contribution >= 4 is 38.2 Å². The lowest BCUT2D eigenvalue weighted by atomic mass is 10.1. The van der Waals surface area contributed by atoms with Crippen molar-refractivity contribution in [2.45, 2.75) is 18.9 Å². The van der Waals surface area contributed by atoms with E-state index in [1.165, 1.54) is 48.6 Å². The van der Waals surface area contributed by atoms with Gasteiger partial charge in [0.1, 0.15) is 11.6 Å². The number of ketones is 1. The van der Waals surface area contributed by atoms with Gasteiger partial charge in [-0.2, -0.15) is 13.5 Å². The number of carbonyl (C=O) groups is 1. The number of nitrogens with zero attached hydrogens (tertiary/aromatic N) is 4. The molecule has 12 nitrogen and oxygen atoms in total. The molecule has 0 saturated heterocycles. The molecule has 0 amide bonds. The Morgan fingerprint density at radius 2 is 1.82 bits per heavy atom. The Hall–Kier alpha value is -5.76. The van der Waals surface area contributed by atoms with E-state index >= 15 is 0 Å². The number of nitrogens with one attached hydrogen (secondary N) is 2. The second kappa shape index (κ2) is 11.4. The number of carbonyl (C=O) groups excluding carboxylic acids is 1. The molecule has 6 aromatic rings. The zero-order valence-corrected chi connectivity index (χ0v) is 25.0. The molecule has 4 N–H and O–H groups in total. The van der Waals surface area contributed by atoms with Crippen molar-refractivity contribution in [3.8, 4) is 23.1 Å². The maximum atomic E-state index is 14.0. The maximum Gasteiger partial charge on any atom is 0.279 e. The number of hydrogen-bond acceptors (Lipinski definition) is 9. The lowest BCUT2D eigenvalue weighted by molar-refractivity contribution is 0.103. The van der Waals surface area contributed by atoms with E-state index in [9.17, 15) is 17.6 Å². The Labute approximate surface area is 256 Å². The third kappa shape index (κ3) is 5.65. The number of rotatable bonds is 9. The van der Waals surface area contributed by atoms with Crippen molar-refractivity contribution in [2.75, 3.05) is 17.6 Å². The molecule has 14 heteroatoms. The summed E-state index contributed by atoms with van der Waals surface area (Å²) < 4.78 is 54.6. The highest BCUT2D eigenvalue weighted by molar-refractivity contribution is 7.92. The normalized spacial score (nSPS) is 11.5. The molecule has 228 valence electrons. The predicted octanol–water partition coefficient (Wildman–Crippen LogP) is 5.31. The minimum atomic E-state index is -4.02. The first kappa shape index (κ1) is 29.3. The van der Waals surface area contributed by atoms with Crippen LogP contribution in [0.25, 0.3) is 16.6 Å². The first-order valence-electron chi connectivity index (χ1n) is 13.5. The zero-order chi connectivity index (χ0) is 31.9. The monoisotopic (exact) mass is 627 g/mol. The van der Waals surface area contributed by atoms with Gasteiger partial charge in [0.15, 0.2) is 16.6 Å². The van der Waals surface area contributed by atoms with Crippen molar-refractivity contribution in [1.29, 1.82) is 0 Å². The number of pyridine rings is 2. The number of halogens is 1. The van der Waals surface area contributed by atoms with Crippen LogP contribution in [0.1, 0.15) is 27.2 Å². The number of ether oxygens (including phenoxy) is 2. The number of nitrogens with two attached hydrogens (primary N) is 1. The van der Waals surface area contributed by atoms with Gasteiger partial charge in [0.2, 0.25) is 11.7 Å². The van der Waals surface area contributed by atoms with Gasteiger partial charge in [-0.15, -0.1) is 0 Å².